The van der Waals surface area contributed by atoms with E-state index in [1.54, 1.807) is 6.08 Å². The van der Waals surface area contributed by atoms with Crippen molar-refractivity contribution in [3.8, 4) is 0 Å². The Labute approximate surface area is 90.1 Å². The molecule has 0 aliphatic carbocycles. The van der Waals surface area contributed by atoms with Crippen LogP contribution in [-0.4, -0.2) is 29.0 Å². The lowest BCUT2D eigenvalue weighted by Gasteiger charge is -2.19. The highest BCUT2D eigenvalue weighted by Crippen LogP contribution is 2.00. The fraction of sp³-hybridized carbons (Fsp3) is 0.333. The van der Waals surface area contributed by atoms with E-state index in [0.717, 1.165) is 5.56 Å². The summed E-state index contributed by atoms with van der Waals surface area (Å²) in [5.74, 6) is 0. The molecule has 0 saturated carbocycles. The van der Waals surface area contributed by atoms with E-state index < -0.39 is 6.10 Å². The fourth-order valence-corrected chi connectivity index (χ4v) is 1.32. The third kappa shape index (κ3) is 3.83. The molecule has 0 heterocycles. The van der Waals surface area contributed by atoms with E-state index in [2.05, 4.69) is 11.9 Å². The summed E-state index contributed by atoms with van der Waals surface area (Å²) in [6, 6.07) is 9.59. The average molecular weight is 207 g/mol. The topological polar surface area (TPSA) is 52.5 Å². The van der Waals surface area contributed by atoms with Crippen molar-refractivity contribution in [2.24, 2.45) is 0 Å². The van der Waals surface area contributed by atoms with Gasteiger partial charge < -0.3 is 15.5 Å². The molecule has 82 valence electrons. The Morgan fingerprint density at radius 3 is 2.53 bits per heavy atom. The molecule has 1 aromatic carbocycles. The Balaban J connectivity index is 2.44. The van der Waals surface area contributed by atoms with E-state index in [4.69, 9.17) is 5.11 Å². The lowest BCUT2D eigenvalue weighted by Crippen LogP contribution is -2.39. The summed E-state index contributed by atoms with van der Waals surface area (Å²) in [6.07, 6.45) is 0.801. The van der Waals surface area contributed by atoms with Gasteiger partial charge in [-0.2, -0.15) is 0 Å². The van der Waals surface area contributed by atoms with Crippen molar-refractivity contribution in [1.29, 1.82) is 0 Å². The molecule has 0 saturated heterocycles. The molecule has 3 nitrogen and oxygen atoms in total. The number of hydrogen-bond donors (Lipinski definition) is 3. The monoisotopic (exact) mass is 207 g/mol. The van der Waals surface area contributed by atoms with Crippen molar-refractivity contribution in [2.75, 3.05) is 6.61 Å². The minimum atomic E-state index is -0.800. The molecular formula is C12H17NO2. The molecule has 2 atom stereocenters. The molecule has 0 aliphatic rings. The van der Waals surface area contributed by atoms with Gasteiger partial charge in [0.1, 0.15) is 0 Å². The zero-order chi connectivity index (χ0) is 11.1. The lowest BCUT2D eigenvalue weighted by atomic mass is 10.1. The summed E-state index contributed by atoms with van der Waals surface area (Å²) >= 11 is 0. The molecule has 1 rings (SSSR count). The molecule has 0 spiro atoms. The van der Waals surface area contributed by atoms with E-state index in [0.29, 0.717) is 6.54 Å². The highest BCUT2D eigenvalue weighted by molar-refractivity contribution is 5.14. The van der Waals surface area contributed by atoms with Crippen LogP contribution in [0.15, 0.2) is 43.0 Å². The average Bonchev–Trinajstić information content (AvgIpc) is 2.31. The van der Waals surface area contributed by atoms with Crippen molar-refractivity contribution in [1.82, 2.24) is 5.32 Å². The molecule has 0 radical (unpaired) electrons. The first-order valence-corrected chi connectivity index (χ1v) is 4.96. The maximum Gasteiger partial charge on any atom is 0.0959 e. The van der Waals surface area contributed by atoms with E-state index in [9.17, 15) is 5.11 Å². The van der Waals surface area contributed by atoms with Crippen molar-refractivity contribution < 1.29 is 10.2 Å². The summed E-state index contributed by atoms with van der Waals surface area (Å²) in [4.78, 5) is 0. The highest BCUT2D eigenvalue weighted by Gasteiger charge is 2.13. The summed E-state index contributed by atoms with van der Waals surface area (Å²) in [6.45, 7) is 3.99. The van der Waals surface area contributed by atoms with Gasteiger partial charge in [-0.3, -0.25) is 0 Å². The Hall–Kier alpha value is -1.16. The number of aliphatic hydroxyl groups excluding tert-OH is 2. The second-order valence-corrected chi connectivity index (χ2v) is 3.38. The van der Waals surface area contributed by atoms with Crippen molar-refractivity contribution >= 4 is 0 Å². The van der Waals surface area contributed by atoms with Crippen LogP contribution in [0, 0.1) is 0 Å². The minimum Gasteiger partial charge on any atom is -0.394 e. The number of hydrogen-bond acceptors (Lipinski definition) is 3. The molecular weight excluding hydrogens is 190 g/mol. The first kappa shape index (κ1) is 11.9. The van der Waals surface area contributed by atoms with Gasteiger partial charge in [-0.25, -0.2) is 0 Å². The molecule has 3 heteroatoms. The Morgan fingerprint density at radius 2 is 2.00 bits per heavy atom. The van der Waals surface area contributed by atoms with Crippen LogP contribution in [0.4, 0.5) is 0 Å². The van der Waals surface area contributed by atoms with Gasteiger partial charge in [0.05, 0.1) is 18.8 Å². The normalized spacial score (nSPS) is 14.5. The molecule has 0 unspecified atom stereocenters. The van der Waals surface area contributed by atoms with Crippen LogP contribution in [0.25, 0.3) is 0 Å². The van der Waals surface area contributed by atoms with Crippen molar-refractivity contribution in [3.05, 3.63) is 48.6 Å². The molecule has 0 aromatic heterocycles. The maximum atomic E-state index is 9.41. The zero-order valence-corrected chi connectivity index (χ0v) is 8.63. The predicted octanol–water partition coefficient (Wildman–Crippen LogP) is 0.684. The zero-order valence-electron chi connectivity index (χ0n) is 8.63. The highest BCUT2D eigenvalue weighted by atomic mass is 16.3. The third-order valence-corrected chi connectivity index (χ3v) is 2.24. The minimum absolute atomic E-state index is 0.265. The molecule has 0 aliphatic heterocycles. The molecule has 0 bridgehead atoms. The van der Waals surface area contributed by atoms with E-state index in [1.807, 2.05) is 30.3 Å². The Bertz CT molecular complexity index is 287. The van der Waals surface area contributed by atoms with Gasteiger partial charge >= 0.3 is 0 Å². The van der Waals surface area contributed by atoms with Gasteiger partial charge in [-0.15, -0.1) is 6.58 Å². The Morgan fingerprint density at radius 1 is 1.33 bits per heavy atom. The number of aliphatic hydroxyl groups is 2. The van der Waals surface area contributed by atoms with Crippen LogP contribution in [0.5, 0.6) is 0 Å². The van der Waals surface area contributed by atoms with Crippen LogP contribution in [0.1, 0.15) is 5.56 Å². The summed E-state index contributed by atoms with van der Waals surface area (Å²) in [5, 5.41) is 21.3. The van der Waals surface area contributed by atoms with Crippen LogP contribution < -0.4 is 5.32 Å². The van der Waals surface area contributed by atoms with Gasteiger partial charge in [-0.05, 0) is 5.56 Å². The fourth-order valence-electron chi connectivity index (χ4n) is 1.32. The van der Waals surface area contributed by atoms with Crippen LogP contribution in [-0.2, 0) is 6.54 Å². The van der Waals surface area contributed by atoms with E-state index in [-0.39, 0.29) is 12.6 Å². The van der Waals surface area contributed by atoms with Gasteiger partial charge in [0.15, 0.2) is 0 Å². The second kappa shape index (κ2) is 6.35. The number of benzene rings is 1. The summed E-state index contributed by atoms with van der Waals surface area (Å²) in [5.41, 5.74) is 1.13. The van der Waals surface area contributed by atoms with Crippen molar-refractivity contribution in [2.45, 2.75) is 18.7 Å². The summed E-state index contributed by atoms with van der Waals surface area (Å²) in [7, 11) is 0. The molecule has 1 aromatic rings. The largest absolute Gasteiger partial charge is 0.394 e. The predicted molar refractivity (Wildman–Crippen MR) is 60.4 cm³/mol. The quantitative estimate of drug-likeness (QED) is 0.601. The first-order valence-electron chi connectivity index (χ1n) is 4.96. The van der Waals surface area contributed by atoms with Crippen molar-refractivity contribution in [3.63, 3.8) is 0 Å². The number of rotatable bonds is 6. The first-order chi connectivity index (χ1) is 7.27. The SMILES string of the molecule is C=C[C@H](NCc1ccccc1)[C@H](O)CO. The second-order valence-electron chi connectivity index (χ2n) is 3.38. The van der Waals surface area contributed by atoms with Gasteiger partial charge in [0.2, 0.25) is 0 Å². The van der Waals surface area contributed by atoms with E-state index >= 15 is 0 Å². The third-order valence-electron chi connectivity index (χ3n) is 2.24. The van der Waals surface area contributed by atoms with Gasteiger partial charge in [-0.1, -0.05) is 36.4 Å². The molecule has 15 heavy (non-hydrogen) atoms. The molecule has 0 amide bonds. The Kier molecular flexibility index (Phi) is 5.04. The standard InChI is InChI=1S/C12H17NO2/c1-2-11(12(15)9-14)13-8-10-6-4-3-5-7-10/h2-7,11-15H,1,8-9H2/t11-,12+/m0/s1. The van der Waals surface area contributed by atoms with E-state index in [1.165, 1.54) is 0 Å². The molecule has 0 fully saturated rings. The molecule has 3 N–H and O–H groups in total. The summed E-state index contributed by atoms with van der Waals surface area (Å²) < 4.78 is 0. The van der Waals surface area contributed by atoms with Crippen LogP contribution in [0.2, 0.25) is 0 Å². The van der Waals surface area contributed by atoms with Gasteiger partial charge in [0.25, 0.3) is 0 Å². The van der Waals surface area contributed by atoms with Gasteiger partial charge in [0, 0.05) is 6.54 Å². The van der Waals surface area contributed by atoms with Crippen LogP contribution in [0.3, 0.4) is 0 Å². The smallest absolute Gasteiger partial charge is 0.0959 e. The lowest BCUT2D eigenvalue weighted by molar-refractivity contribution is 0.0754. The maximum absolute atomic E-state index is 9.41. The number of nitrogens with one attached hydrogen (secondary N) is 1. The van der Waals surface area contributed by atoms with Crippen LogP contribution >= 0.6 is 0 Å².